The van der Waals surface area contributed by atoms with Crippen LogP contribution in [0, 0.1) is 0 Å². The Morgan fingerprint density at radius 3 is 3.12 bits per heavy atom. The SMILES string of the molecule is CSC(C)CCNc1nc2cc(N)ccc2o1. The van der Waals surface area contributed by atoms with Crippen molar-refractivity contribution in [1.29, 1.82) is 0 Å². The molecule has 0 aliphatic heterocycles. The second kappa shape index (κ2) is 5.31. The molecule has 0 radical (unpaired) electrons. The molecule has 0 bridgehead atoms. The summed E-state index contributed by atoms with van der Waals surface area (Å²) in [6.45, 7) is 3.07. The van der Waals surface area contributed by atoms with Crippen molar-refractivity contribution in [3.63, 3.8) is 0 Å². The van der Waals surface area contributed by atoms with Crippen molar-refractivity contribution in [2.45, 2.75) is 18.6 Å². The predicted octanol–water partition coefficient (Wildman–Crippen LogP) is 2.96. The number of oxazole rings is 1. The third-order valence-corrected chi connectivity index (χ3v) is 3.68. The van der Waals surface area contributed by atoms with E-state index in [1.807, 2.05) is 30.0 Å². The van der Waals surface area contributed by atoms with Gasteiger partial charge in [-0.15, -0.1) is 0 Å². The van der Waals surface area contributed by atoms with E-state index in [0.717, 1.165) is 24.1 Å². The van der Waals surface area contributed by atoms with Crippen LogP contribution in [0.15, 0.2) is 22.6 Å². The van der Waals surface area contributed by atoms with Crippen LogP contribution in [0.5, 0.6) is 0 Å². The van der Waals surface area contributed by atoms with Crippen molar-refractivity contribution in [1.82, 2.24) is 4.98 Å². The van der Waals surface area contributed by atoms with Gasteiger partial charge in [0.15, 0.2) is 5.58 Å². The van der Waals surface area contributed by atoms with Crippen LogP contribution in [-0.2, 0) is 0 Å². The van der Waals surface area contributed by atoms with Gasteiger partial charge in [0.2, 0.25) is 0 Å². The van der Waals surface area contributed by atoms with Crippen molar-refractivity contribution in [2.75, 3.05) is 23.9 Å². The van der Waals surface area contributed by atoms with Crippen LogP contribution >= 0.6 is 11.8 Å². The molecule has 0 saturated heterocycles. The molecule has 0 amide bonds. The van der Waals surface area contributed by atoms with E-state index in [9.17, 15) is 0 Å². The lowest BCUT2D eigenvalue weighted by Gasteiger charge is -2.06. The number of fused-ring (bicyclic) bond motifs is 1. The molecule has 5 heteroatoms. The lowest BCUT2D eigenvalue weighted by molar-refractivity contribution is 0.612. The average Bonchev–Trinajstić information content (AvgIpc) is 2.70. The van der Waals surface area contributed by atoms with Crippen LogP contribution in [0.25, 0.3) is 11.1 Å². The number of benzene rings is 1. The van der Waals surface area contributed by atoms with Gasteiger partial charge in [0.25, 0.3) is 6.01 Å². The summed E-state index contributed by atoms with van der Waals surface area (Å²) in [5.74, 6) is 0. The molecule has 4 nitrogen and oxygen atoms in total. The Kier molecular flexibility index (Phi) is 3.78. The average molecular weight is 251 g/mol. The number of nitrogens with two attached hydrogens (primary N) is 1. The Bertz CT molecular complexity index is 497. The lowest BCUT2D eigenvalue weighted by Crippen LogP contribution is -2.07. The zero-order valence-corrected chi connectivity index (χ0v) is 10.9. The van der Waals surface area contributed by atoms with Crippen LogP contribution in [0.1, 0.15) is 13.3 Å². The number of thioether (sulfide) groups is 1. The van der Waals surface area contributed by atoms with Crippen LogP contribution in [0.3, 0.4) is 0 Å². The van der Waals surface area contributed by atoms with Gasteiger partial charge in [0.1, 0.15) is 5.52 Å². The molecule has 0 saturated carbocycles. The number of anilines is 2. The summed E-state index contributed by atoms with van der Waals surface area (Å²) in [5.41, 5.74) is 7.95. The monoisotopic (exact) mass is 251 g/mol. The number of hydrogen-bond donors (Lipinski definition) is 2. The highest BCUT2D eigenvalue weighted by Crippen LogP contribution is 2.21. The maximum absolute atomic E-state index is 5.69. The molecule has 0 fully saturated rings. The topological polar surface area (TPSA) is 64.1 Å². The molecule has 92 valence electrons. The van der Waals surface area contributed by atoms with E-state index in [1.54, 1.807) is 0 Å². The molecule has 3 N–H and O–H groups in total. The minimum atomic E-state index is 0.568. The third-order valence-electron chi connectivity index (χ3n) is 2.64. The fourth-order valence-electron chi connectivity index (χ4n) is 1.52. The number of nitrogens with one attached hydrogen (secondary N) is 1. The smallest absolute Gasteiger partial charge is 0.295 e. The quantitative estimate of drug-likeness (QED) is 0.800. The number of aromatic nitrogens is 1. The van der Waals surface area contributed by atoms with Gasteiger partial charge >= 0.3 is 0 Å². The Morgan fingerprint density at radius 1 is 1.53 bits per heavy atom. The van der Waals surface area contributed by atoms with Crippen LogP contribution in [-0.4, -0.2) is 23.0 Å². The van der Waals surface area contributed by atoms with Gasteiger partial charge < -0.3 is 15.5 Å². The lowest BCUT2D eigenvalue weighted by atomic mass is 10.3. The Balaban J connectivity index is 1.99. The maximum atomic E-state index is 5.69. The molecule has 2 aromatic rings. The highest BCUT2D eigenvalue weighted by atomic mass is 32.2. The van der Waals surface area contributed by atoms with Gasteiger partial charge in [0.05, 0.1) is 0 Å². The van der Waals surface area contributed by atoms with Gasteiger partial charge in [-0.25, -0.2) is 0 Å². The largest absolute Gasteiger partial charge is 0.424 e. The summed E-state index contributed by atoms with van der Waals surface area (Å²) in [5, 5.41) is 3.83. The first-order valence-corrected chi connectivity index (χ1v) is 6.90. The normalized spacial score (nSPS) is 12.8. The van der Waals surface area contributed by atoms with Crippen LogP contribution in [0.4, 0.5) is 11.7 Å². The van der Waals surface area contributed by atoms with E-state index in [2.05, 4.69) is 23.5 Å². The second-order valence-corrected chi connectivity index (χ2v) is 5.28. The molecule has 1 heterocycles. The molecule has 0 spiro atoms. The molecule has 17 heavy (non-hydrogen) atoms. The molecule has 0 aliphatic carbocycles. The Hall–Kier alpha value is -1.36. The first-order chi connectivity index (χ1) is 8.19. The summed E-state index contributed by atoms with van der Waals surface area (Å²) < 4.78 is 5.55. The first-order valence-electron chi connectivity index (χ1n) is 5.62. The van der Waals surface area contributed by atoms with E-state index >= 15 is 0 Å². The minimum absolute atomic E-state index is 0.568. The molecular formula is C12H17N3OS. The van der Waals surface area contributed by atoms with Gasteiger partial charge in [-0.05, 0) is 30.9 Å². The standard InChI is InChI=1S/C12H17N3OS/c1-8(17-2)5-6-14-12-15-10-7-9(13)3-4-11(10)16-12/h3-4,7-8H,5-6,13H2,1-2H3,(H,14,15). The molecule has 0 aliphatic rings. The van der Waals surface area contributed by atoms with Crippen molar-refractivity contribution in [2.24, 2.45) is 0 Å². The second-order valence-electron chi connectivity index (χ2n) is 4.01. The molecule has 1 unspecified atom stereocenters. The maximum Gasteiger partial charge on any atom is 0.295 e. The fourth-order valence-corrected chi connectivity index (χ4v) is 1.87. The van der Waals surface area contributed by atoms with Gasteiger partial charge in [0, 0.05) is 17.5 Å². The summed E-state index contributed by atoms with van der Waals surface area (Å²) in [7, 11) is 0. The number of hydrogen-bond acceptors (Lipinski definition) is 5. The summed E-state index contributed by atoms with van der Waals surface area (Å²) >= 11 is 1.86. The number of rotatable bonds is 5. The van der Waals surface area contributed by atoms with Crippen LogP contribution < -0.4 is 11.1 Å². The highest BCUT2D eigenvalue weighted by Gasteiger charge is 2.06. The van der Waals surface area contributed by atoms with E-state index in [4.69, 9.17) is 10.2 Å². The molecule has 1 aromatic heterocycles. The molecular weight excluding hydrogens is 234 g/mol. The van der Waals surface area contributed by atoms with Crippen molar-refractivity contribution >= 4 is 34.6 Å². The highest BCUT2D eigenvalue weighted by molar-refractivity contribution is 7.99. The van der Waals surface area contributed by atoms with Crippen molar-refractivity contribution in [3.05, 3.63) is 18.2 Å². The molecule has 1 aromatic carbocycles. The minimum Gasteiger partial charge on any atom is -0.424 e. The van der Waals surface area contributed by atoms with Crippen molar-refractivity contribution in [3.8, 4) is 0 Å². The Labute approximate surface area is 105 Å². The van der Waals surface area contributed by atoms with E-state index < -0.39 is 0 Å². The van der Waals surface area contributed by atoms with E-state index in [0.29, 0.717) is 17.0 Å². The summed E-state index contributed by atoms with van der Waals surface area (Å²) in [4.78, 5) is 4.33. The number of nitrogen functional groups attached to an aromatic ring is 1. The fraction of sp³-hybridized carbons (Fsp3) is 0.417. The summed E-state index contributed by atoms with van der Waals surface area (Å²) in [6.07, 6.45) is 3.20. The van der Waals surface area contributed by atoms with Gasteiger partial charge in [-0.3, -0.25) is 0 Å². The van der Waals surface area contributed by atoms with Crippen molar-refractivity contribution < 1.29 is 4.42 Å². The van der Waals surface area contributed by atoms with Crippen LogP contribution in [0.2, 0.25) is 0 Å². The van der Waals surface area contributed by atoms with Gasteiger partial charge in [-0.2, -0.15) is 16.7 Å². The number of nitrogens with zero attached hydrogens (tertiary/aromatic N) is 1. The van der Waals surface area contributed by atoms with E-state index in [1.165, 1.54) is 0 Å². The third kappa shape index (κ3) is 3.06. The van der Waals surface area contributed by atoms with Gasteiger partial charge in [-0.1, -0.05) is 6.92 Å². The molecule has 2 rings (SSSR count). The Morgan fingerprint density at radius 2 is 2.35 bits per heavy atom. The molecule has 1 atom stereocenters. The van der Waals surface area contributed by atoms with E-state index in [-0.39, 0.29) is 0 Å². The zero-order valence-electron chi connectivity index (χ0n) is 10.1. The predicted molar refractivity (Wildman–Crippen MR) is 74.5 cm³/mol. The summed E-state index contributed by atoms with van der Waals surface area (Å²) in [6, 6.07) is 6.04. The zero-order chi connectivity index (χ0) is 12.3. The first kappa shape index (κ1) is 12.1.